The van der Waals surface area contributed by atoms with E-state index >= 15 is 0 Å². The van der Waals surface area contributed by atoms with Crippen molar-refractivity contribution < 1.29 is 0 Å². The van der Waals surface area contributed by atoms with Gasteiger partial charge in [-0.1, -0.05) is 97.1 Å². The first-order chi connectivity index (χ1) is 22.8. The Hall–Kier alpha value is -5.84. The summed E-state index contributed by atoms with van der Waals surface area (Å²) in [6, 6.07) is 53.4. The topological polar surface area (TPSA) is 32.9 Å². The van der Waals surface area contributed by atoms with Gasteiger partial charge in [-0.25, -0.2) is 0 Å². The molecule has 0 spiro atoms. The minimum absolute atomic E-state index is 0.0632. The lowest BCUT2D eigenvalue weighted by molar-refractivity contribution is 0.506. The normalized spacial score (nSPS) is 16.3. The first kappa shape index (κ1) is 25.5. The Balaban J connectivity index is 1.31. The van der Waals surface area contributed by atoms with Gasteiger partial charge >= 0.3 is 0 Å². The fourth-order valence-corrected chi connectivity index (χ4v) is 7.53. The average Bonchev–Trinajstić information content (AvgIpc) is 3.75. The SMILES string of the molecule is c1ccc(C2NC(c3cc4cc(c3)n3ccc5ccc(cc53)c3ccccc3c3ccc5ccn4c5c3)Nc3ccccc32)cc1. The third-order valence-corrected chi connectivity index (χ3v) is 9.79. The molecule has 4 heteroatoms. The zero-order valence-electron chi connectivity index (χ0n) is 25.1. The molecule has 2 N–H and O–H groups in total. The van der Waals surface area contributed by atoms with E-state index in [4.69, 9.17) is 0 Å². The molecular formula is C42H30N4. The van der Waals surface area contributed by atoms with E-state index in [9.17, 15) is 0 Å². The van der Waals surface area contributed by atoms with Crippen molar-refractivity contribution in [2.45, 2.75) is 12.2 Å². The largest absolute Gasteiger partial charge is 0.366 e. The first-order valence-electron chi connectivity index (χ1n) is 15.9. The summed E-state index contributed by atoms with van der Waals surface area (Å²) >= 11 is 0. The van der Waals surface area contributed by atoms with E-state index in [0.717, 1.165) is 16.7 Å². The van der Waals surface area contributed by atoms with Crippen LogP contribution in [0.5, 0.6) is 0 Å². The predicted molar refractivity (Wildman–Crippen MR) is 191 cm³/mol. The number of anilines is 1. The summed E-state index contributed by atoms with van der Waals surface area (Å²) in [6.45, 7) is 0. The summed E-state index contributed by atoms with van der Waals surface area (Å²) in [5, 5.41) is 15.2. The molecule has 0 radical (unpaired) electrons. The van der Waals surface area contributed by atoms with E-state index in [2.05, 4.69) is 177 Å². The van der Waals surface area contributed by atoms with Gasteiger partial charge in [0.2, 0.25) is 0 Å². The lowest BCUT2D eigenvalue weighted by Gasteiger charge is -2.35. The Morgan fingerprint density at radius 3 is 1.67 bits per heavy atom. The number of nitrogens with zero attached hydrogens (tertiary/aromatic N) is 2. The molecule has 46 heavy (non-hydrogen) atoms. The monoisotopic (exact) mass is 590 g/mol. The number of nitrogens with one attached hydrogen (secondary N) is 2. The maximum Gasteiger partial charge on any atom is 0.104 e. The number of rotatable bonds is 2. The van der Waals surface area contributed by atoms with Crippen LogP contribution in [0.4, 0.5) is 5.69 Å². The molecule has 0 aliphatic carbocycles. The fraction of sp³-hybridized carbons (Fsp3) is 0.0476. The van der Waals surface area contributed by atoms with E-state index in [-0.39, 0.29) is 12.2 Å². The lowest BCUT2D eigenvalue weighted by Crippen LogP contribution is -2.37. The van der Waals surface area contributed by atoms with Crippen LogP contribution in [-0.4, -0.2) is 8.80 Å². The summed E-state index contributed by atoms with van der Waals surface area (Å²) < 4.78 is 4.68. The third kappa shape index (κ3) is 3.91. The van der Waals surface area contributed by atoms with Gasteiger partial charge < -0.3 is 14.1 Å². The number of benzene rings is 6. The van der Waals surface area contributed by atoms with Crippen molar-refractivity contribution in [1.82, 2.24) is 14.1 Å². The van der Waals surface area contributed by atoms with Crippen LogP contribution < -0.4 is 10.6 Å². The molecule has 4 nitrogen and oxygen atoms in total. The van der Waals surface area contributed by atoms with E-state index < -0.39 is 0 Å². The Morgan fingerprint density at radius 1 is 0.457 bits per heavy atom. The number of fused-ring (bicyclic) bond motifs is 10. The Morgan fingerprint density at radius 2 is 1.02 bits per heavy atom. The highest BCUT2D eigenvalue weighted by Gasteiger charge is 2.28. The number of hydrogen-bond donors (Lipinski definition) is 2. The Kier molecular flexibility index (Phi) is 5.45. The molecule has 0 saturated heterocycles. The molecule has 6 aromatic carbocycles. The molecule has 9 aromatic rings. The molecule has 0 amide bonds. The van der Waals surface area contributed by atoms with E-state index in [1.165, 1.54) is 60.0 Å². The van der Waals surface area contributed by atoms with Crippen molar-refractivity contribution in [2.24, 2.45) is 0 Å². The molecule has 1 aliphatic heterocycles. The molecule has 2 atom stereocenters. The van der Waals surface area contributed by atoms with Gasteiger partial charge in [-0.3, -0.25) is 5.32 Å². The van der Waals surface area contributed by atoms with Crippen LogP contribution in [-0.2, 0) is 0 Å². The number of aromatic nitrogens is 2. The zero-order chi connectivity index (χ0) is 30.2. The maximum absolute atomic E-state index is 3.97. The van der Waals surface area contributed by atoms with Crippen molar-refractivity contribution in [1.29, 1.82) is 0 Å². The van der Waals surface area contributed by atoms with Crippen molar-refractivity contribution in [3.05, 3.63) is 175 Å². The Bertz CT molecular complexity index is 2530. The second-order valence-electron chi connectivity index (χ2n) is 12.4. The fourth-order valence-electron chi connectivity index (χ4n) is 7.53. The molecule has 10 rings (SSSR count). The van der Waals surface area contributed by atoms with Gasteiger partial charge in [0.1, 0.15) is 6.17 Å². The van der Waals surface area contributed by atoms with Crippen molar-refractivity contribution >= 4 is 60.1 Å². The summed E-state index contributed by atoms with van der Waals surface area (Å²) in [5.41, 5.74) is 9.48. The smallest absolute Gasteiger partial charge is 0.104 e. The van der Waals surface area contributed by atoms with Crippen LogP contribution >= 0.6 is 0 Å². The van der Waals surface area contributed by atoms with Gasteiger partial charge in [-0.05, 0) is 97.5 Å². The van der Waals surface area contributed by atoms with Crippen molar-refractivity contribution in [3.8, 4) is 0 Å². The molecule has 218 valence electrons. The minimum Gasteiger partial charge on any atom is -0.366 e. The lowest BCUT2D eigenvalue weighted by atomic mass is 9.93. The highest BCUT2D eigenvalue weighted by atomic mass is 15.2. The molecule has 0 fully saturated rings. The summed E-state index contributed by atoms with van der Waals surface area (Å²) in [4.78, 5) is 0. The van der Waals surface area contributed by atoms with Crippen LogP contribution in [0.25, 0.3) is 54.4 Å². The molecule has 1 aliphatic rings. The molecule has 6 bridgehead atoms. The highest BCUT2D eigenvalue weighted by molar-refractivity contribution is 6.08. The van der Waals surface area contributed by atoms with Crippen LogP contribution in [0.3, 0.4) is 0 Å². The van der Waals surface area contributed by atoms with Crippen LogP contribution in [0.1, 0.15) is 28.9 Å². The number of hydrogen-bond acceptors (Lipinski definition) is 2. The van der Waals surface area contributed by atoms with Crippen LogP contribution in [0.2, 0.25) is 0 Å². The summed E-state index contributed by atoms with van der Waals surface area (Å²) in [5.74, 6) is 0. The second kappa shape index (κ2) is 9.83. The summed E-state index contributed by atoms with van der Waals surface area (Å²) in [7, 11) is 0. The van der Waals surface area contributed by atoms with Gasteiger partial charge in [0, 0.05) is 29.1 Å². The second-order valence-corrected chi connectivity index (χ2v) is 12.4. The molecule has 4 heterocycles. The quantitative estimate of drug-likeness (QED) is 0.210. The van der Waals surface area contributed by atoms with Gasteiger partial charge in [0.15, 0.2) is 0 Å². The van der Waals surface area contributed by atoms with Gasteiger partial charge in [0.05, 0.1) is 17.1 Å². The summed E-state index contributed by atoms with van der Waals surface area (Å²) in [6.07, 6.45) is 4.31. The van der Waals surface area contributed by atoms with Crippen molar-refractivity contribution in [3.63, 3.8) is 0 Å². The molecular weight excluding hydrogens is 560 g/mol. The molecule has 3 aromatic heterocycles. The average molecular weight is 591 g/mol. The predicted octanol–water partition coefficient (Wildman–Crippen LogP) is 10.2. The van der Waals surface area contributed by atoms with Gasteiger partial charge in [-0.15, -0.1) is 0 Å². The number of para-hydroxylation sites is 1. The standard InChI is InChI=1S/C42H30N4/c1-2-8-29(9-3-1)41-37-12-6-7-13-38(37)43-42(44-41)32-22-33-26-34(23-32)46-21-19-28-15-17-31(25-40(28)46)36-11-5-4-10-35(36)30-16-14-27-18-20-45(33)39(27)24-30/h1-26,41-44H. The van der Waals surface area contributed by atoms with Gasteiger partial charge in [0.25, 0.3) is 0 Å². The Labute approximate surface area is 265 Å². The third-order valence-electron chi connectivity index (χ3n) is 9.79. The molecule has 0 saturated carbocycles. The first-order valence-corrected chi connectivity index (χ1v) is 15.9. The van der Waals surface area contributed by atoms with Gasteiger partial charge in [-0.2, -0.15) is 0 Å². The van der Waals surface area contributed by atoms with Crippen LogP contribution in [0, 0.1) is 0 Å². The van der Waals surface area contributed by atoms with E-state index in [1.807, 2.05) is 0 Å². The van der Waals surface area contributed by atoms with Crippen LogP contribution in [0.15, 0.2) is 158 Å². The maximum atomic E-state index is 3.97. The minimum atomic E-state index is -0.103. The zero-order valence-corrected chi connectivity index (χ0v) is 25.1. The van der Waals surface area contributed by atoms with E-state index in [0.29, 0.717) is 0 Å². The highest BCUT2D eigenvalue weighted by Crippen LogP contribution is 2.37. The van der Waals surface area contributed by atoms with E-state index in [1.54, 1.807) is 0 Å². The van der Waals surface area contributed by atoms with Crippen molar-refractivity contribution in [2.75, 3.05) is 5.32 Å². The molecule has 2 unspecified atom stereocenters.